The average molecular weight is 396 g/mol. The van der Waals surface area contributed by atoms with Crippen molar-refractivity contribution in [2.24, 2.45) is 5.11 Å². The Morgan fingerprint density at radius 2 is 2.11 bits per heavy atom. The summed E-state index contributed by atoms with van der Waals surface area (Å²) in [6, 6.07) is 4.09. The molecule has 0 amide bonds. The SMILES string of the molecule is [N-]=[N+]=NCCCNc1nonc1-c1noc(=O)n1-c1cccc(C(F)(F)F)c1. The van der Waals surface area contributed by atoms with Crippen molar-refractivity contribution >= 4 is 5.82 Å². The zero-order valence-electron chi connectivity index (χ0n) is 13.9. The van der Waals surface area contributed by atoms with E-state index in [1.165, 1.54) is 6.07 Å². The molecule has 0 bridgehead atoms. The standard InChI is InChI=1S/C14H11F3N8O3/c15-14(16,17)8-3-1-4-9(7-8)25-12(23-27-13(25)26)10-11(22-28-21-10)19-5-2-6-20-24-18/h1,3-4,7H,2,5-6H2,(H,19,22). The predicted octanol–water partition coefficient (Wildman–Crippen LogP) is 3.01. The lowest BCUT2D eigenvalue weighted by Gasteiger charge is -2.09. The lowest BCUT2D eigenvalue weighted by atomic mass is 10.2. The van der Waals surface area contributed by atoms with Crippen molar-refractivity contribution in [2.75, 3.05) is 18.4 Å². The van der Waals surface area contributed by atoms with E-state index in [0.717, 1.165) is 22.8 Å². The molecule has 0 aliphatic carbocycles. The van der Waals surface area contributed by atoms with Crippen molar-refractivity contribution in [3.63, 3.8) is 0 Å². The Hall–Kier alpha value is -3.80. The largest absolute Gasteiger partial charge is 0.446 e. The van der Waals surface area contributed by atoms with E-state index in [0.29, 0.717) is 13.0 Å². The average Bonchev–Trinajstić information content (AvgIpc) is 3.27. The maximum atomic E-state index is 13.0. The van der Waals surface area contributed by atoms with Crippen LogP contribution in [-0.2, 0) is 6.18 Å². The van der Waals surface area contributed by atoms with Gasteiger partial charge in [-0.3, -0.25) is 4.52 Å². The van der Waals surface area contributed by atoms with E-state index in [9.17, 15) is 18.0 Å². The van der Waals surface area contributed by atoms with Crippen molar-refractivity contribution in [1.82, 2.24) is 20.0 Å². The molecular weight excluding hydrogens is 385 g/mol. The number of aromatic nitrogens is 4. The van der Waals surface area contributed by atoms with Gasteiger partial charge in [0.05, 0.1) is 11.3 Å². The molecule has 0 fully saturated rings. The number of rotatable bonds is 7. The van der Waals surface area contributed by atoms with Gasteiger partial charge >= 0.3 is 11.9 Å². The van der Waals surface area contributed by atoms with E-state index in [-0.39, 0.29) is 29.6 Å². The lowest BCUT2D eigenvalue weighted by molar-refractivity contribution is -0.137. The number of anilines is 1. The highest BCUT2D eigenvalue weighted by atomic mass is 19.4. The minimum absolute atomic E-state index is 0.0351. The molecule has 1 aromatic carbocycles. The van der Waals surface area contributed by atoms with Crippen LogP contribution in [0.3, 0.4) is 0 Å². The Morgan fingerprint density at radius 1 is 1.29 bits per heavy atom. The lowest BCUT2D eigenvalue weighted by Crippen LogP contribution is -2.15. The second-order valence-corrected chi connectivity index (χ2v) is 5.35. The van der Waals surface area contributed by atoms with Gasteiger partial charge in [0.2, 0.25) is 11.6 Å². The van der Waals surface area contributed by atoms with Crippen LogP contribution in [-0.4, -0.2) is 33.1 Å². The molecule has 0 saturated carbocycles. The number of hydrogen-bond donors (Lipinski definition) is 1. The van der Waals surface area contributed by atoms with Crippen LogP contribution in [0.25, 0.3) is 27.6 Å². The first-order valence-electron chi connectivity index (χ1n) is 7.76. The zero-order valence-corrected chi connectivity index (χ0v) is 13.9. The second kappa shape index (κ2) is 7.84. The molecule has 0 atom stereocenters. The van der Waals surface area contributed by atoms with Crippen molar-refractivity contribution in [3.05, 3.63) is 50.8 Å². The molecule has 0 aliphatic heterocycles. The zero-order chi connectivity index (χ0) is 20.1. The number of halogens is 3. The van der Waals surface area contributed by atoms with E-state index in [1.807, 2.05) is 0 Å². The first-order chi connectivity index (χ1) is 13.4. The molecule has 2 aromatic heterocycles. The maximum Gasteiger partial charge on any atom is 0.446 e. The molecule has 1 N–H and O–H groups in total. The number of nitrogens with one attached hydrogen (secondary N) is 1. The van der Waals surface area contributed by atoms with E-state index >= 15 is 0 Å². The molecule has 14 heteroatoms. The fourth-order valence-corrected chi connectivity index (χ4v) is 2.30. The molecule has 146 valence electrons. The summed E-state index contributed by atoms with van der Waals surface area (Å²) >= 11 is 0. The number of alkyl halides is 3. The van der Waals surface area contributed by atoms with Crippen LogP contribution in [0.4, 0.5) is 19.0 Å². The predicted molar refractivity (Wildman–Crippen MR) is 87.5 cm³/mol. The second-order valence-electron chi connectivity index (χ2n) is 5.35. The summed E-state index contributed by atoms with van der Waals surface area (Å²) in [7, 11) is 0. The Bertz CT molecular complexity index is 1060. The van der Waals surface area contributed by atoms with Gasteiger partial charge in [0, 0.05) is 18.0 Å². The Morgan fingerprint density at radius 3 is 2.86 bits per heavy atom. The summed E-state index contributed by atoms with van der Waals surface area (Å²) in [6.07, 6.45) is -4.12. The summed E-state index contributed by atoms with van der Waals surface area (Å²) in [4.78, 5) is 14.7. The van der Waals surface area contributed by atoms with Crippen molar-refractivity contribution in [3.8, 4) is 17.2 Å². The van der Waals surface area contributed by atoms with Crippen LogP contribution in [0, 0.1) is 0 Å². The first-order valence-corrected chi connectivity index (χ1v) is 7.76. The van der Waals surface area contributed by atoms with Gasteiger partial charge in [-0.05, 0) is 40.5 Å². The highest BCUT2D eigenvalue weighted by Crippen LogP contribution is 2.31. The molecule has 0 saturated heterocycles. The van der Waals surface area contributed by atoms with Gasteiger partial charge in [-0.1, -0.05) is 16.3 Å². The topological polar surface area (TPSA) is 148 Å². The molecule has 2 heterocycles. The molecule has 11 nitrogen and oxygen atoms in total. The van der Waals surface area contributed by atoms with E-state index in [1.54, 1.807) is 0 Å². The smallest absolute Gasteiger partial charge is 0.365 e. The quantitative estimate of drug-likeness (QED) is 0.279. The van der Waals surface area contributed by atoms with Gasteiger partial charge in [-0.25, -0.2) is 14.0 Å². The highest BCUT2D eigenvalue weighted by molar-refractivity contribution is 5.66. The third kappa shape index (κ3) is 3.96. The molecular formula is C14H11F3N8O3. The van der Waals surface area contributed by atoms with Crippen LogP contribution < -0.4 is 11.1 Å². The number of benzene rings is 1. The van der Waals surface area contributed by atoms with Gasteiger partial charge < -0.3 is 5.32 Å². The molecule has 0 spiro atoms. The molecule has 0 unspecified atom stereocenters. The summed E-state index contributed by atoms with van der Waals surface area (Å²) in [6.45, 7) is 0.564. The van der Waals surface area contributed by atoms with Crippen LogP contribution >= 0.6 is 0 Å². The number of nitrogens with zero attached hydrogens (tertiary/aromatic N) is 7. The van der Waals surface area contributed by atoms with E-state index < -0.39 is 17.5 Å². The Labute approximate surface area is 153 Å². The van der Waals surface area contributed by atoms with Gasteiger partial charge in [0.25, 0.3) is 0 Å². The number of hydrogen-bond acceptors (Lipinski definition) is 8. The fraction of sp³-hybridized carbons (Fsp3) is 0.286. The molecule has 3 aromatic rings. The maximum absolute atomic E-state index is 13.0. The van der Waals surface area contributed by atoms with Crippen molar-refractivity contribution in [1.29, 1.82) is 0 Å². The summed E-state index contributed by atoms with van der Waals surface area (Å²) in [5, 5.41) is 17.1. The van der Waals surface area contributed by atoms with Crippen LogP contribution in [0.15, 0.2) is 43.3 Å². The minimum Gasteiger partial charge on any atom is -0.365 e. The summed E-state index contributed by atoms with van der Waals surface area (Å²) < 4.78 is 49.0. The summed E-state index contributed by atoms with van der Waals surface area (Å²) in [5.41, 5.74) is 7.13. The van der Waals surface area contributed by atoms with Gasteiger partial charge in [-0.15, -0.1) is 0 Å². The van der Waals surface area contributed by atoms with Gasteiger partial charge in [0.1, 0.15) is 0 Å². The van der Waals surface area contributed by atoms with E-state index in [4.69, 9.17) is 5.53 Å². The third-order valence-electron chi connectivity index (χ3n) is 3.53. The third-order valence-corrected chi connectivity index (χ3v) is 3.53. The Balaban J connectivity index is 1.94. The van der Waals surface area contributed by atoms with Gasteiger partial charge in [-0.2, -0.15) is 13.2 Å². The monoisotopic (exact) mass is 396 g/mol. The molecule has 0 radical (unpaired) electrons. The summed E-state index contributed by atoms with van der Waals surface area (Å²) in [5.74, 6) is -1.11. The van der Waals surface area contributed by atoms with E-state index in [2.05, 4.69) is 40.0 Å². The molecule has 28 heavy (non-hydrogen) atoms. The van der Waals surface area contributed by atoms with Crippen molar-refractivity contribution in [2.45, 2.75) is 12.6 Å². The molecule has 3 rings (SSSR count). The van der Waals surface area contributed by atoms with Gasteiger partial charge in [0.15, 0.2) is 5.69 Å². The first kappa shape index (κ1) is 19.0. The van der Waals surface area contributed by atoms with Crippen molar-refractivity contribution < 1.29 is 22.3 Å². The number of azide groups is 1. The Kier molecular flexibility index (Phi) is 5.31. The van der Waals surface area contributed by atoms with Crippen LogP contribution in [0.5, 0.6) is 0 Å². The molecule has 0 aliphatic rings. The van der Waals surface area contributed by atoms with Crippen LogP contribution in [0.1, 0.15) is 12.0 Å². The van der Waals surface area contributed by atoms with Crippen LogP contribution in [0.2, 0.25) is 0 Å². The normalized spacial score (nSPS) is 11.2. The minimum atomic E-state index is -4.59. The fourth-order valence-electron chi connectivity index (χ4n) is 2.30. The highest BCUT2D eigenvalue weighted by Gasteiger charge is 2.31.